The Labute approximate surface area is 549 Å². The van der Waals surface area contributed by atoms with E-state index < -0.39 is 97.5 Å². The summed E-state index contributed by atoms with van der Waals surface area (Å²) in [7, 11) is -9.90. The first-order valence-electron chi connectivity index (χ1n) is 37.0. The van der Waals surface area contributed by atoms with Crippen LogP contribution in [0.2, 0.25) is 0 Å². The van der Waals surface area contributed by atoms with E-state index in [4.69, 9.17) is 37.0 Å². The SMILES string of the molecule is CCCCCCCCCCCCCCCCCCCCC(=O)O[C@H](COC(=O)CCCCCCCCCCC(C)C)COP(=O)(O)OC[C@@H](O)COP(=O)(O)OC[C@@H](COC(=O)CCCCCCCCC(C)CC)OC(=O)CCCCCCCCCCCCC. The fourth-order valence-corrected chi connectivity index (χ4v) is 12.3. The topological polar surface area (TPSA) is 237 Å². The van der Waals surface area contributed by atoms with Crippen LogP contribution in [-0.4, -0.2) is 96.7 Å². The molecule has 0 saturated carbocycles. The van der Waals surface area contributed by atoms with Gasteiger partial charge in [0.05, 0.1) is 26.4 Å². The maximum atomic E-state index is 13.0. The van der Waals surface area contributed by atoms with Crippen LogP contribution < -0.4 is 0 Å². The van der Waals surface area contributed by atoms with Crippen molar-refractivity contribution in [3.63, 3.8) is 0 Å². The molecule has 0 aromatic rings. The van der Waals surface area contributed by atoms with Crippen molar-refractivity contribution in [2.24, 2.45) is 11.8 Å². The molecule has 0 rings (SSSR count). The molecule has 0 aliphatic heterocycles. The lowest BCUT2D eigenvalue weighted by Crippen LogP contribution is -2.30. The normalized spacial score (nSPS) is 14.4. The number of phosphoric acid groups is 2. The highest BCUT2D eigenvalue weighted by atomic mass is 31.2. The molecule has 0 aromatic heterocycles. The summed E-state index contributed by atoms with van der Waals surface area (Å²) in [6.45, 7) is 9.48. The molecular formula is C71H138O17P2. The van der Waals surface area contributed by atoms with Crippen LogP contribution in [0.3, 0.4) is 0 Å². The summed E-state index contributed by atoms with van der Waals surface area (Å²) in [4.78, 5) is 72.5. The predicted molar refractivity (Wildman–Crippen MR) is 363 cm³/mol. The van der Waals surface area contributed by atoms with Crippen LogP contribution in [-0.2, 0) is 65.4 Å². The minimum absolute atomic E-state index is 0.106. The molecule has 0 aliphatic carbocycles. The molecule has 0 saturated heterocycles. The van der Waals surface area contributed by atoms with Crippen LogP contribution in [0.1, 0.15) is 363 Å². The van der Waals surface area contributed by atoms with Crippen molar-refractivity contribution in [1.82, 2.24) is 0 Å². The van der Waals surface area contributed by atoms with Gasteiger partial charge in [0.2, 0.25) is 0 Å². The molecule has 90 heavy (non-hydrogen) atoms. The molecule has 0 spiro atoms. The van der Waals surface area contributed by atoms with Crippen LogP contribution in [0.15, 0.2) is 0 Å². The van der Waals surface area contributed by atoms with Crippen LogP contribution in [0, 0.1) is 11.8 Å². The lowest BCUT2D eigenvalue weighted by Gasteiger charge is -2.21. The van der Waals surface area contributed by atoms with E-state index in [9.17, 15) is 43.2 Å². The smallest absolute Gasteiger partial charge is 0.462 e. The Morgan fingerprint density at radius 2 is 0.567 bits per heavy atom. The van der Waals surface area contributed by atoms with Gasteiger partial charge in [-0.05, 0) is 37.5 Å². The average molecular weight is 1330 g/mol. The van der Waals surface area contributed by atoms with Gasteiger partial charge in [-0.2, -0.15) is 0 Å². The molecule has 0 aliphatic rings. The minimum atomic E-state index is -4.95. The Kier molecular flexibility index (Phi) is 61.8. The van der Waals surface area contributed by atoms with E-state index in [1.165, 1.54) is 173 Å². The van der Waals surface area contributed by atoms with Gasteiger partial charge in [0.25, 0.3) is 0 Å². The van der Waals surface area contributed by atoms with Gasteiger partial charge in [0.15, 0.2) is 12.2 Å². The van der Waals surface area contributed by atoms with E-state index in [1.807, 2.05) is 0 Å². The number of rotatable bonds is 70. The van der Waals surface area contributed by atoms with E-state index >= 15 is 0 Å². The first-order chi connectivity index (χ1) is 43.4. The standard InChI is InChI=1S/C71H138O17P2/c1-7-10-12-14-16-18-20-21-22-23-24-25-26-28-30-36-44-50-56-71(76)87-66(59-81-68(73)53-47-41-34-32-31-33-39-45-51-63(4)5)61-85-89(77,78)83-57-65(72)58-84-90(79,80)86-62-67(60-82-69(74)54-48-42-38-37-40-46-52-64(6)9-3)88-70(75)55-49-43-35-29-27-19-17-15-13-11-8-2/h63-67,72H,7-62H2,1-6H3,(H,77,78)(H,79,80)/t64?,65-,66-,67-/m1/s1. The number of carbonyl (C=O) groups is 4. The third-order valence-corrected chi connectivity index (χ3v) is 18.7. The van der Waals surface area contributed by atoms with Gasteiger partial charge in [0, 0.05) is 25.7 Å². The van der Waals surface area contributed by atoms with Gasteiger partial charge in [-0.25, -0.2) is 9.13 Å². The fourth-order valence-electron chi connectivity index (χ4n) is 10.7. The molecule has 0 fully saturated rings. The predicted octanol–water partition coefficient (Wildman–Crippen LogP) is 20.4. The first kappa shape index (κ1) is 88.1. The molecule has 19 heteroatoms. The van der Waals surface area contributed by atoms with E-state index in [1.54, 1.807) is 0 Å². The molecule has 0 amide bonds. The number of aliphatic hydroxyl groups excluding tert-OH is 1. The summed E-state index contributed by atoms with van der Waals surface area (Å²) in [6.07, 6.45) is 48.6. The molecule has 534 valence electrons. The quantitative estimate of drug-likeness (QED) is 0.0222. The van der Waals surface area contributed by atoms with Gasteiger partial charge < -0.3 is 33.8 Å². The number of hydrogen-bond acceptors (Lipinski definition) is 15. The molecule has 0 bridgehead atoms. The summed E-state index contributed by atoms with van der Waals surface area (Å²) >= 11 is 0. The largest absolute Gasteiger partial charge is 0.472 e. The Balaban J connectivity index is 5.22. The van der Waals surface area contributed by atoms with Crippen molar-refractivity contribution in [3.8, 4) is 0 Å². The molecule has 6 atom stereocenters. The maximum absolute atomic E-state index is 13.0. The molecule has 0 heterocycles. The van der Waals surface area contributed by atoms with Gasteiger partial charge >= 0.3 is 39.5 Å². The second-order valence-corrected chi connectivity index (χ2v) is 29.3. The Morgan fingerprint density at radius 1 is 0.322 bits per heavy atom. The summed E-state index contributed by atoms with van der Waals surface area (Å²) < 4.78 is 68.3. The zero-order valence-corrected chi connectivity index (χ0v) is 60.2. The average Bonchev–Trinajstić information content (AvgIpc) is 3.68. The highest BCUT2D eigenvalue weighted by molar-refractivity contribution is 7.47. The molecule has 3 N–H and O–H groups in total. The monoisotopic (exact) mass is 1320 g/mol. The molecule has 0 radical (unpaired) electrons. The number of hydrogen-bond donors (Lipinski definition) is 3. The van der Waals surface area contributed by atoms with Crippen molar-refractivity contribution >= 4 is 39.5 Å². The van der Waals surface area contributed by atoms with E-state index in [-0.39, 0.29) is 25.7 Å². The highest BCUT2D eigenvalue weighted by Crippen LogP contribution is 2.45. The molecule has 0 aromatic carbocycles. The zero-order chi connectivity index (χ0) is 66.5. The van der Waals surface area contributed by atoms with Gasteiger partial charge in [-0.15, -0.1) is 0 Å². The minimum Gasteiger partial charge on any atom is -0.462 e. The maximum Gasteiger partial charge on any atom is 0.472 e. The second kappa shape index (κ2) is 63.1. The lowest BCUT2D eigenvalue weighted by atomic mass is 10.00. The van der Waals surface area contributed by atoms with Gasteiger partial charge in [0.1, 0.15) is 19.3 Å². The van der Waals surface area contributed by atoms with Gasteiger partial charge in [-0.1, -0.05) is 311 Å². The number of esters is 4. The third-order valence-electron chi connectivity index (χ3n) is 16.8. The van der Waals surface area contributed by atoms with Crippen molar-refractivity contribution in [2.75, 3.05) is 39.6 Å². The highest BCUT2D eigenvalue weighted by Gasteiger charge is 2.30. The van der Waals surface area contributed by atoms with Gasteiger partial charge in [-0.3, -0.25) is 37.3 Å². The molecular weight excluding hydrogens is 1190 g/mol. The number of ether oxygens (including phenoxy) is 4. The third kappa shape index (κ3) is 63.5. The summed E-state index contributed by atoms with van der Waals surface area (Å²) in [5.41, 5.74) is 0. The van der Waals surface area contributed by atoms with Crippen LogP contribution in [0.4, 0.5) is 0 Å². The number of unbranched alkanes of at least 4 members (excludes halogenated alkanes) is 39. The summed E-state index contributed by atoms with van der Waals surface area (Å²) in [5.74, 6) is -0.667. The van der Waals surface area contributed by atoms with Crippen molar-refractivity contribution in [2.45, 2.75) is 381 Å². The Bertz CT molecular complexity index is 1750. The van der Waals surface area contributed by atoms with Crippen LogP contribution in [0.25, 0.3) is 0 Å². The van der Waals surface area contributed by atoms with Crippen molar-refractivity contribution < 1.29 is 80.2 Å². The number of phosphoric ester groups is 2. The second-order valence-electron chi connectivity index (χ2n) is 26.3. The summed E-state index contributed by atoms with van der Waals surface area (Å²) in [5, 5.41) is 10.6. The van der Waals surface area contributed by atoms with E-state index in [2.05, 4.69) is 41.5 Å². The number of carbonyl (C=O) groups excluding carboxylic acids is 4. The van der Waals surface area contributed by atoms with Crippen molar-refractivity contribution in [3.05, 3.63) is 0 Å². The Morgan fingerprint density at radius 3 is 0.844 bits per heavy atom. The van der Waals surface area contributed by atoms with E-state index in [0.717, 1.165) is 108 Å². The van der Waals surface area contributed by atoms with Crippen LogP contribution in [0.5, 0.6) is 0 Å². The summed E-state index contributed by atoms with van der Waals surface area (Å²) in [6, 6.07) is 0. The fraction of sp³-hybridized carbons (Fsp3) is 0.944. The van der Waals surface area contributed by atoms with E-state index in [0.29, 0.717) is 25.7 Å². The molecule has 17 nitrogen and oxygen atoms in total. The zero-order valence-electron chi connectivity index (χ0n) is 58.4. The lowest BCUT2D eigenvalue weighted by molar-refractivity contribution is -0.161. The Hall–Kier alpha value is -1.94. The van der Waals surface area contributed by atoms with Crippen molar-refractivity contribution in [1.29, 1.82) is 0 Å². The number of aliphatic hydroxyl groups is 1. The first-order valence-corrected chi connectivity index (χ1v) is 40.0. The molecule has 3 unspecified atom stereocenters. The van der Waals surface area contributed by atoms with Crippen LogP contribution >= 0.6 is 15.6 Å².